The van der Waals surface area contributed by atoms with Crippen LogP contribution in [0.15, 0.2) is 55.1 Å². The predicted molar refractivity (Wildman–Crippen MR) is 102 cm³/mol. The van der Waals surface area contributed by atoms with E-state index in [1.165, 1.54) is 24.1 Å². The standard InChI is InChI=1S/C21H20F3N3O/c1-4-13-6-5-7-16(12-13)20(2)17(18(28)27(3)19(25)26-20)14-8-10-15(11-9-14)21(22,23)24/h4-12,17H,1H2,2-3H3,(H2,25,26)/t17-,20-/m1/s1. The number of carbonyl (C=O) groups is 1. The highest BCUT2D eigenvalue weighted by Gasteiger charge is 2.48. The number of guanidine groups is 1. The molecule has 1 fully saturated rings. The second-order valence-electron chi connectivity index (χ2n) is 6.96. The predicted octanol–water partition coefficient (Wildman–Crippen LogP) is 4.34. The summed E-state index contributed by atoms with van der Waals surface area (Å²) in [4.78, 5) is 14.2. The molecule has 146 valence electrons. The molecule has 1 heterocycles. The van der Waals surface area contributed by atoms with Gasteiger partial charge in [0.15, 0.2) is 5.96 Å². The molecular formula is C21H20F3N3O. The molecule has 0 aromatic heterocycles. The van der Waals surface area contributed by atoms with E-state index < -0.39 is 23.2 Å². The molecule has 3 rings (SSSR count). The van der Waals surface area contributed by atoms with Gasteiger partial charge >= 0.3 is 6.18 Å². The van der Waals surface area contributed by atoms with Crippen LogP contribution in [0.5, 0.6) is 0 Å². The Kier molecular flexibility index (Phi) is 4.79. The van der Waals surface area contributed by atoms with Crippen molar-refractivity contribution in [2.75, 3.05) is 7.05 Å². The van der Waals surface area contributed by atoms with Gasteiger partial charge in [0.1, 0.15) is 0 Å². The van der Waals surface area contributed by atoms with E-state index in [4.69, 9.17) is 5.41 Å². The number of amides is 1. The number of halogens is 3. The third-order valence-electron chi connectivity index (χ3n) is 5.16. The van der Waals surface area contributed by atoms with Gasteiger partial charge in [-0.05, 0) is 41.8 Å². The van der Waals surface area contributed by atoms with E-state index in [0.717, 1.165) is 23.3 Å². The number of likely N-dealkylation sites (N-methyl/N-ethyl adjacent to an activating group) is 1. The third-order valence-corrected chi connectivity index (χ3v) is 5.16. The lowest BCUT2D eigenvalue weighted by atomic mass is 9.73. The van der Waals surface area contributed by atoms with Gasteiger partial charge in [-0.2, -0.15) is 13.2 Å². The van der Waals surface area contributed by atoms with Crippen molar-refractivity contribution in [3.8, 4) is 0 Å². The lowest BCUT2D eigenvalue weighted by Crippen LogP contribution is -2.62. The molecular weight excluding hydrogens is 367 g/mol. The quantitative estimate of drug-likeness (QED) is 0.823. The maximum Gasteiger partial charge on any atom is 0.416 e. The van der Waals surface area contributed by atoms with Crippen molar-refractivity contribution in [1.82, 2.24) is 10.2 Å². The first kappa shape index (κ1) is 19.7. The monoisotopic (exact) mass is 387 g/mol. The number of hydrogen-bond acceptors (Lipinski definition) is 2. The van der Waals surface area contributed by atoms with E-state index in [1.54, 1.807) is 13.0 Å². The second-order valence-corrected chi connectivity index (χ2v) is 6.96. The van der Waals surface area contributed by atoms with E-state index in [-0.39, 0.29) is 11.9 Å². The number of alkyl halides is 3. The van der Waals surface area contributed by atoms with Crippen LogP contribution in [0, 0.1) is 5.41 Å². The molecule has 0 aliphatic carbocycles. The molecule has 28 heavy (non-hydrogen) atoms. The number of hydrogen-bond donors (Lipinski definition) is 2. The summed E-state index contributed by atoms with van der Waals surface area (Å²) < 4.78 is 38.8. The van der Waals surface area contributed by atoms with Gasteiger partial charge in [-0.1, -0.05) is 43.0 Å². The van der Waals surface area contributed by atoms with Gasteiger partial charge in [-0.25, -0.2) is 0 Å². The SMILES string of the molecule is C=Cc1cccc([C@@]2(C)NC(=N)N(C)C(=O)[C@H]2c2ccc(C(F)(F)F)cc2)c1. The molecule has 1 aliphatic heterocycles. The average Bonchev–Trinajstić information content (AvgIpc) is 2.66. The maximum atomic E-state index is 13.1. The lowest BCUT2D eigenvalue weighted by molar-refractivity contribution is -0.137. The number of nitrogens with zero attached hydrogens (tertiary/aromatic N) is 1. The Balaban J connectivity index is 2.14. The first-order chi connectivity index (χ1) is 13.1. The van der Waals surface area contributed by atoms with Gasteiger partial charge in [-0.3, -0.25) is 15.1 Å². The first-order valence-corrected chi connectivity index (χ1v) is 8.62. The van der Waals surface area contributed by atoms with Crippen molar-refractivity contribution in [2.45, 2.75) is 24.6 Å². The van der Waals surface area contributed by atoms with Gasteiger partial charge in [0.25, 0.3) is 0 Å². The minimum absolute atomic E-state index is 0.0698. The highest BCUT2D eigenvalue weighted by Crippen LogP contribution is 2.41. The van der Waals surface area contributed by atoms with Crippen LogP contribution < -0.4 is 5.32 Å². The molecule has 0 saturated carbocycles. The lowest BCUT2D eigenvalue weighted by Gasteiger charge is -2.46. The summed E-state index contributed by atoms with van der Waals surface area (Å²) in [6, 6.07) is 11.9. The molecule has 2 aromatic rings. The van der Waals surface area contributed by atoms with Crippen molar-refractivity contribution < 1.29 is 18.0 Å². The molecule has 2 aromatic carbocycles. The Hall–Kier alpha value is -3.09. The van der Waals surface area contributed by atoms with Gasteiger partial charge in [-0.15, -0.1) is 0 Å². The molecule has 2 N–H and O–H groups in total. The summed E-state index contributed by atoms with van der Waals surface area (Å²) in [7, 11) is 1.47. The van der Waals surface area contributed by atoms with Crippen LogP contribution in [0.1, 0.15) is 35.1 Å². The van der Waals surface area contributed by atoms with Gasteiger partial charge in [0.2, 0.25) is 5.91 Å². The van der Waals surface area contributed by atoms with Crippen molar-refractivity contribution in [3.63, 3.8) is 0 Å². The molecule has 0 radical (unpaired) electrons. The summed E-state index contributed by atoms with van der Waals surface area (Å²) in [5, 5.41) is 11.2. The van der Waals surface area contributed by atoms with Crippen LogP contribution in [-0.2, 0) is 16.5 Å². The highest BCUT2D eigenvalue weighted by molar-refractivity contribution is 6.02. The van der Waals surface area contributed by atoms with Crippen LogP contribution in [-0.4, -0.2) is 23.8 Å². The van der Waals surface area contributed by atoms with Crippen LogP contribution >= 0.6 is 0 Å². The normalized spacial score (nSPS) is 22.8. The van der Waals surface area contributed by atoms with Gasteiger partial charge in [0, 0.05) is 7.05 Å². The smallest absolute Gasteiger partial charge is 0.346 e. The van der Waals surface area contributed by atoms with E-state index >= 15 is 0 Å². The zero-order chi connectivity index (χ0) is 20.7. The zero-order valence-electron chi connectivity index (χ0n) is 15.5. The summed E-state index contributed by atoms with van der Waals surface area (Å²) in [5.74, 6) is -1.25. The minimum Gasteiger partial charge on any atom is -0.346 e. The topological polar surface area (TPSA) is 56.2 Å². The summed E-state index contributed by atoms with van der Waals surface area (Å²) in [6.07, 6.45) is -2.78. The fraction of sp³-hybridized carbons (Fsp3) is 0.238. The summed E-state index contributed by atoms with van der Waals surface area (Å²) >= 11 is 0. The van der Waals surface area contributed by atoms with Crippen LogP contribution in [0.3, 0.4) is 0 Å². The molecule has 4 nitrogen and oxygen atoms in total. The Labute approximate surface area is 161 Å². The average molecular weight is 387 g/mol. The molecule has 0 bridgehead atoms. The molecule has 1 saturated heterocycles. The van der Waals surface area contributed by atoms with E-state index in [0.29, 0.717) is 5.56 Å². The van der Waals surface area contributed by atoms with Crippen molar-refractivity contribution in [1.29, 1.82) is 5.41 Å². The molecule has 0 unspecified atom stereocenters. The van der Waals surface area contributed by atoms with Gasteiger partial charge < -0.3 is 5.32 Å². The molecule has 0 spiro atoms. The first-order valence-electron chi connectivity index (χ1n) is 8.62. The Bertz CT molecular complexity index is 937. The number of benzene rings is 2. The largest absolute Gasteiger partial charge is 0.416 e. The minimum atomic E-state index is -4.45. The summed E-state index contributed by atoms with van der Waals surface area (Å²) in [6.45, 7) is 5.52. The Morgan fingerprint density at radius 1 is 1.21 bits per heavy atom. The Morgan fingerprint density at radius 2 is 1.86 bits per heavy atom. The van der Waals surface area contributed by atoms with E-state index in [9.17, 15) is 18.0 Å². The second kappa shape index (κ2) is 6.82. The van der Waals surface area contributed by atoms with Crippen molar-refractivity contribution in [3.05, 3.63) is 77.4 Å². The van der Waals surface area contributed by atoms with Crippen LogP contribution in [0.4, 0.5) is 13.2 Å². The fourth-order valence-electron chi connectivity index (χ4n) is 3.52. The highest BCUT2D eigenvalue weighted by atomic mass is 19.4. The Morgan fingerprint density at radius 3 is 2.43 bits per heavy atom. The molecule has 7 heteroatoms. The van der Waals surface area contributed by atoms with E-state index in [2.05, 4.69) is 11.9 Å². The zero-order valence-corrected chi connectivity index (χ0v) is 15.5. The number of rotatable bonds is 3. The fourth-order valence-corrected chi connectivity index (χ4v) is 3.52. The van der Waals surface area contributed by atoms with Crippen LogP contribution in [0.25, 0.3) is 6.08 Å². The third kappa shape index (κ3) is 3.28. The van der Waals surface area contributed by atoms with Crippen molar-refractivity contribution >= 4 is 17.9 Å². The number of nitrogens with one attached hydrogen (secondary N) is 2. The molecule has 1 aliphatic rings. The van der Waals surface area contributed by atoms with Gasteiger partial charge in [0.05, 0.1) is 17.0 Å². The summed E-state index contributed by atoms with van der Waals surface area (Å²) in [5.41, 5.74) is 0.227. The van der Waals surface area contributed by atoms with E-state index in [1.807, 2.05) is 24.3 Å². The maximum absolute atomic E-state index is 13.1. The van der Waals surface area contributed by atoms with Crippen molar-refractivity contribution in [2.24, 2.45) is 0 Å². The molecule has 1 amide bonds. The number of carbonyl (C=O) groups excluding carboxylic acids is 1. The van der Waals surface area contributed by atoms with Crippen LogP contribution in [0.2, 0.25) is 0 Å². The molecule has 2 atom stereocenters.